The molecule has 0 aliphatic rings. The van der Waals surface area contributed by atoms with Crippen LogP contribution in [0.4, 0.5) is 0 Å². The van der Waals surface area contributed by atoms with Crippen molar-refractivity contribution in [2.45, 2.75) is 13.8 Å². The number of rotatable bonds is 2. The van der Waals surface area contributed by atoms with Crippen LogP contribution in [0.2, 0.25) is 0 Å². The van der Waals surface area contributed by atoms with Gasteiger partial charge in [0.05, 0.1) is 5.39 Å². The van der Waals surface area contributed by atoms with Gasteiger partial charge in [0, 0.05) is 19.2 Å². The molecule has 2 rings (SSSR count). The van der Waals surface area contributed by atoms with Crippen LogP contribution in [-0.4, -0.2) is 17.0 Å². The quantitative estimate of drug-likeness (QED) is 0.663. The molecule has 0 fully saturated rings. The van der Waals surface area contributed by atoms with E-state index in [-0.39, 0.29) is 11.5 Å². The van der Waals surface area contributed by atoms with E-state index in [2.05, 4.69) is 0 Å². The Kier molecular flexibility index (Phi) is 3.37. The second kappa shape index (κ2) is 4.97. The van der Waals surface area contributed by atoms with Crippen molar-refractivity contribution in [2.24, 2.45) is 0 Å². The maximum Gasteiger partial charge on any atom is 0.308 e. The Hall–Kier alpha value is -2.56. The van der Waals surface area contributed by atoms with E-state index < -0.39 is 11.9 Å². The molecule has 5 heteroatoms. The number of carbonyl (C=O) groups is 2. The van der Waals surface area contributed by atoms with E-state index in [9.17, 15) is 14.7 Å². The van der Waals surface area contributed by atoms with Crippen molar-refractivity contribution in [1.82, 2.24) is 0 Å². The van der Waals surface area contributed by atoms with Crippen molar-refractivity contribution in [2.75, 3.05) is 0 Å². The fourth-order valence-electron chi connectivity index (χ4n) is 1.81. The van der Waals surface area contributed by atoms with Gasteiger partial charge in [0.15, 0.2) is 0 Å². The van der Waals surface area contributed by atoms with Gasteiger partial charge in [-0.2, -0.15) is 0 Å². The number of hydrogen-bond donors (Lipinski definition) is 1. The molecule has 2 aromatic rings. The molecule has 0 saturated heterocycles. The summed E-state index contributed by atoms with van der Waals surface area (Å²) in [5.74, 6) is -0.497. The number of hydrogen-bond acceptors (Lipinski definition) is 5. The van der Waals surface area contributed by atoms with Crippen LogP contribution >= 0.6 is 0 Å². The van der Waals surface area contributed by atoms with Crippen molar-refractivity contribution in [3.05, 3.63) is 30.3 Å². The third kappa shape index (κ3) is 2.65. The van der Waals surface area contributed by atoms with Crippen LogP contribution in [0, 0.1) is 0 Å². The molecule has 0 aliphatic heterocycles. The van der Waals surface area contributed by atoms with E-state index in [0.29, 0.717) is 16.5 Å². The molecule has 0 spiro atoms. The highest BCUT2D eigenvalue weighted by Crippen LogP contribution is 2.38. The highest BCUT2D eigenvalue weighted by atomic mass is 16.5. The third-order valence-corrected chi connectivity index (χ3v) is 2.45. The number of phenols is 1. The minimum absolute atomic E-state index is 0.0530. The maximum atomic E-state index is 11.0. The van der Waals surface area contributed by atoms with Crippen molar-refractivity contribution in [3.63, 3.8) is 0 Å². The minimum Gasteiger partial charge on any atom is -0.507 e. The SMILES string of the molecule is CC(=O)Oc1ccc(OC(C)=O)c2c(O)cccc12. The summed E-state index contributed by atoms with van der Waals surface area (Å²) < 4.78 is 10.1. The topological polar surface area (TPSA) is 72.8 Å². The summed E-state index contributed by atoms with van der Waals surface area (Å²) in [6.07, 6.45) is 0. The Labute approximate surface area is 109 Å². The largest absolute Gasteiger partial charge is 0.507 e. The van der Waals surface area contributed by atoms with Crippen LogP contribution in [-0.2, 0) is 9.59 Å². The standard InChI is InChI=1S/C14H12O5/c1-8(15)18-12-6-7-13(19-9(2)16)14-10(12)4-3-5-11(14)17/h3-7,17H,1-2H3. The zero-order valence-electron chi connectivity index (χ0n) is 10.5. The van der Waals surface area contributed by atoms with Crippen LogP contribution in [0.25, 0.3) is 10.8 Å². The lowest BCUT2D eigenvalue weighted by molar-refractivity contribution is -0.132. The molecule has 0 aromatic heterocycles. The number of ether oxygens (including phenoxy) is 2. The first-order chi connectivity index (χ1) is 8.99. The summed E-state index contributed by atoms with van der Waals surface area (Å²) in [4.78, 5) is 22.1. The average Bonchev–Trinajstić information content (AvgIpc) is 2.31. The lowest BCUT2D eigenvalue weighted by Gasteiger charge is -2.11. The number of phenolic OH excluding ortho intramolecular Hbond substituents is 1. The zero-order valence-corrected chi connectivity index (χ0v) is 10.5. The molecule has 0 radical (unpaired) electrons. The summed E-state index contributed by atoms with van der Waals surface area (Å²) in [5.41, 5.74) is 0. The molecule has 2 aromatic carbocycles. The Morgan fingerprint density at radius 2 is 1.53 bits per heavy atom. The van der Waals surface area contributed by atoms with Crippen molar-refractivity contribution in [1.29, 1.82) is 0 Å². The Morgan fingerprint density at radius 1 is 0.947 bits per heavy atom. The molecule has 0 saturated carbocycles. The molecular formula is C14H12O5. The summed E-state index contributed by atoms with van der Waals surface area (Å²) in [5, 5.41) is 10.7. The molecule has 19 heavy (non-hydrogen) atoms. The molecular weight excluding hydrogens is 248 g/mol. The number of aromatic hydroxyl groups is 1. The summed E-state index contributed by atoms with van der Waals surface area (Å²) >= 11 is 0. The summed E-state index contributed by atoms with van der Waals surface area (Å²) in [6.45, 7) is 2.56. The van der Waals surface area contributed by atoms with E-state index in [4.69, 9.17) is 9.47 Å². The van der Waals surface area contributed by atoms with Crippen LogP contribution in [0.5, 0.6) is 17.2 Å². The minimum atomic E-state index is -0.496. The normalized spacial score (nSPS) is 10.2. The first-order valence-corrected chi connectivity index (χ1v) is 5.60. The van der Waals surface area contributed by atoms with E-state index in [1.54, 1.807) is 12.1 Å². The average molecular weight is 260 g/mol. The number of carbonyl (C=O) groups excluding carboxylic acids is 2. The second-order valence-electron chi connectivity index (χ2n) is 3.95. The van der Waals surface area contributed by atoms with Gasteiger partial charge in [-0.3, -0.25) is 9.59 Å². The molecule has 0 heterocycles. The molecule has 1 N–H and O–H groups in total. The van der Waals surface area contributed by atoms with Gasteiger partial charge in [0.25, 0.3) is 0 Å². The van der Waals surface area contributed by atoms with Gasteiger partial charge in [0.2, 0.25) is 0 Å². The summed E-state index contributed by atoms with van der Waals surface area (Å²) in [7, 11) is 0. The van der Waals surface area contributed by atoms with Gasteiger partial charge < -0.3 is 14.6 Å². The van der Waals surface area contributed by atoms with Crippen molar-refractivity contribution in [3.8, 4) is 17.2 Å². The highest BCUT2D eigenvalue weighted by Gasteiger charge is 2.14. The predicted octanol–water partition coefficient (Wildman–Crippen LogP) is 2.40. The molecule has 0 amide bonds. The predicted molar refractivity (Wildman–Crippen MR) is 68.2 cm³/mol. The third-order valence-electron chi connectivity index (χ3n) is 2.45. The van der Waals surface area contributed by atoms with Crippen molar-refractivity contribution >= 4 is 22.7 Å². The van der Waals surface area contributed by atoms with E-state index in [1.807, 2.05) is 0 Å². The van der Waals surface area contributed by atoms with Crippen LogP contribution in [0.1, 0.15) is 13.8 Å². The van der Waals surface area contributed by atoms with Gasteiger partial charge in [-0.25, -0.2) is 0 Å². The molecule has 0 bridgehead atoms. The zero-order chi connectivity index (χ0) is 14.0. The fourth-order valence-corrected chi connectivity index (χ4v) is 1.81. The Balaban J connectivity index is 2.68. The van der Waals surface area contributed by atoms with Crippen LogP contribution in [0.3, 0.4) is 0 Å². The van der Waals surface area contributed by atoms with Gasteiger partial charge >= 0.3 is 11.9 Å². The molecule has 0 aliphatic carbocycles. The first kappa shape index (κ1) is 12.9. The molecule has 98 valence electrons. The van der Waals surface area contributed by atoms with Gasteiger partial charge in [0.1, 0.15) is 17.2 Å². The summed E-state index contributed by atoms with van der Waals surface area (Å²) in [6, 6.07) is 7.73. The second-order valence-corrected chi connectivity index (χ2v) is 3.95. The number of esters is 2. The van der Waals surface area contributed by atoms with E-state index in [0.717, 1.165) is 0 Å². The lowest BCUT2D eigenvalue weighted by atomic mass is 10.1. The fraction of sp³-hybridized carbons (Fsp3) is 0.143. The molecule has 0 atom stereocenters. The van der Waals surface area contributed by atoms with Gasteiger partial charge in [-0.05, 0) is 18.2 Å². The van der Waals surface area contributed by atoms with Gasteiger partial charge in [-0.15, -0.1) is 0 Å². The highest BCUT2D eigenvalue weighted by molar-refractivity contribution is 5.99. The number of benzene rings is 2. The van der Waals surface area contributed by atoms with E-state index >= 15 is 0 Å². The lowest BCUT2D eigenvalue weighted by Crippen LogP contribution is -2.04. The van der Waals surface area contributed by atoms with Crippen LogP contribution in [0.15, 0.2) is 30.3 Å². The molecule has 0 unspecified atom stereocenters. The Bertz CT molecular complexity index is 660. The van der Waals surface area contributed by atoms with Crippen molar-refractivity contribution < 1.29 is 24.2 Å². The molecule has 5 nitrogen and oxygen atoms in total. The Morgan fingerprint density at radius 3 is 2.16 bits per heavy atom. The first-order valence-electron chi connectivity index (χ1n) is 5.60. The maximum absolute atomic E-state index is 11.0. The number of fused-ring (bicyclic) bond motifs is 1. The van der Waals surface area contributed by atoms with E-state index in [1.165, 1.54) is 32.0 Å². The van der Waals surface area contributed by atoms with Gasteiger partial charge in [-0.1, -0.05) is 12.1 Å². The van der Waals surface area contributed by atoms with Crippen LogP contribution < -0.4 is 9.47 Å². The monoisotopic (exact) mass is 260 g/mol. The smallest absolute Gasteiger partial charge is 0.308 e.